The van der Waals surface area contributed by atoms with E-state index >= 15 is 0 Å². The van der Waals surface area contributed by atoms with Crippen LogP contribution in [0.4, 0.5) is 0 Å². The molecule has 0 unspecified atom stereocenters. The first-order chi connectivity index (χ1) is 10.2. The molecular weight excluding hydrogens is 284 g/mol. The molecule has 4 heteroatoms. The number of hydrogen-bond acceptors (Lipinski definition) is 4. The maximum Gasteiger partial charge on any atom is 0.310 e. The first kappa shape index (κ1) is 13.1. The summed E-state index contributed by atoms with van der Waals surface area (Å²) in [5, 5.41) is 0.110. The Labute approximate surface area is 127 Å². The minimum absolute atomic E-state index is 0.110. The number of fused-ring (bicyclic) bond motifs is 5. The molecule has 1 saturated carbocycles. The third kappa shape index (κ3) is 1.51. The van der Waals surface area contributed by atoms with Gasteiger partial charge in [-0.3, -0.25) is 9.59 Å². The van der Waals surface area contributed by atoms with E-state index in [4.69, 9.17) is 4.74 Å². The van der Waals surface area contributed by atoms with Crippen LogP contribution in [0.25, 0.3) is 0 Å². The van der Waals surface area contributed by atoms with Crippen molar-refractivity contribution >= 4 is 22.8 Å². The summed E-state index contributed by atoms with van der Waals surface area (Å²) in [4.78, 5) is 26.4. The molecule has 0 N–H and O–H groups in total. The van der Waals surface area contributed by atoms with Crippen molar-refractivity contribution in [1.29, 1.82) is 0 Å². The number of carbonyl (C=O) groups is 2. The monoisotopic (exact) mass is 300 g/mol. The van der Waals surface area contributed by atoms with Crippen molar-refractivity contribution in [2.45, 2.75) is 23.7 Å². The molecule has 1 spiro atoms. The third-order valence-electron chi connectivity index (χ3n) is 5.03. The van der Waals surface area contributed by atoms with Crippen molar-refractivity contribution in [3.8, 4) is 0 Å². The van der Waals surface area contributed by atoms with Gasteiger partial charge in [-0.05, 0) is 36.8 Å². The second-order valence-corrected chi connectivity index (χ2v) is 6.89. The second-order valence-electron chi connectivity index (χ2n) is 5.88. The van der Waals surface area contributed by atoms with Crippen LogP contribution in [0.1, 0.15) is 18.9 Å². The van der Waals surface area contributed by atoms with Crippen LogP contribution in [0, 0.1) is 17.8 Å². The quantitative estimate of drug-likeness (QED) is 0.622. The Kier molecular flexibility index (Phi) is 2.80. The van der Waals surface area contributed by atoms with E-state index in [1.54, 1.807) is 0 Å². The highest BCUT2D eigenvalue weighted by atomic mass is 32.2. The van der Waals surface area contributed by atoms with Gasteiger partial charge in [0, 0.05) is 4.90 Å². The zero-order chi connectivity index (χ0) is 14.6. The molecule has 4 atom stereocenters. The van der Waals surface area contributed by atoms with E-state index in [1.165, 1.54) is 11.8 Å². The van der Waals surface area contributed by atoms with Crippen LogP contribution < -0.4 is 0 Å². The minimum Gasteiger partial charge on any atom is -0.466 e. The molecule has 0 amide bonds. The van der Waals surface area contributed by atoms with Gasteiger partial charge in [0.05, 0.1) is 17.9 Å². The molecule has 3 aliphatic rings. The highest BCUT2D eigenvalue weighted by Gasteiger charge is 2.67. The molecular formula is C17H16O3S. The van der Waals surface area contributed by atoms with E-state index in [0.29, 0.717) is 6.61 Å². The average molecular weight is 300 g/mol. The maximum atomic E-state index is 12.9. The van der Waals surface area contributed by atoms with Crippen molar-refractivity contribution < 1.29 is 14.3 Å². The van der Waals surface area contributed by atoms with Crippen molar-refractivity contribution in [2.24, 2.45) is 17.8 Å². The summed E-state index contributed by atoms with van der Waals surface area (Å²) in [7, 11) is 0. The van der Waals surface area contributed by atoms with Crippen LogP contribution in [0.2, 0.25) is 0 Å². The SMILES string of the molecule is CCOC(=O)[C@@H]1[C@@H]2C=C[C@@H](C2)[C@@]12C(=O)Sc1ccccc12. The Morgan fingerprint density at radius 3 is 3.00 bits per heavy atom. The van der Waals surface area contributed by atoms with Crippen LogP contribution in [-0.2, 0) is 19.7 Å². The topological polar surface area (TPSA) is 43.4 Å². The largest absolute Gasteiger partial charge is 0.466 e. The molecule has 1 heterocycles. The van der Waals surface area contributed by atoms with Gasteiger partial charge in [0.1, 0.15) is 0 Å². The van der Waals surface area contributed by atoms with E-state index in [9.17, 15) is 9.59 Å². The van der Waals surface area contributed by atoms with Gasteiger partial charge in [0.25, 0.3) is 0 Å². The van der Waals surface area contributed by atoms with Crippen molar-refractivity contribution in [3.05, 3.63) is 42.0 Å². The average Bonchev–Trinajstić information content (AvgIpc) is 3.13. The molecule has 2 aliphatic carbocycles. The molecule has 4 rings (SSSR count). The van der Waals surface area contributed by atoms with Gasteiger partial charge in [0.15, 0.2) is 0 Å². The summed E-state index contributed by atoms with van der Waals surface area (Å²) >= 11 is 1.29. The molecule has 2 bridgehead atoms. The van der Waals surface area contributed by atoms with Crippen LogP contribution in [0.5, 0.6) is 0 Å². The highest BCUT2D eigenvalue weighted by Crippen LogP contribution is 2.64. The van der Waals surface area contributed by atoms with Crippen molar-refractivity contribution in [1.82, 2.24) is 0 Å². The molecule has 108 valence electrons. The fourth-order valence-electron chi connectivity index (χ4n) is 4.31. The molecule has 1 aromatic carbocycles. The lowest BCUT2D eigenvalue weighted by atomic mass is 9.65. The fourth-order valence-corrected chi connectivity index (χ4v) is 5.56. The van der Waals surface area contributed by atoms with Gasteiger partial charge in [-0.2, -0.15) is 0 Å². The first-order valence-corrected chi connectivity index (χ1v) is 8.18. The van der Waals surface area contributed by atoms with Crippen LogP contribution in [0.15, 0.2) is 41.3 Å². The zero-order valence-corrected chi connectivity index (χ0v) is 12.6. The highest BCUT2D eigenvalue weighted by molar-refractivity contribution is 8.14. The Morgan fingerprint density at radius 1 is 1.38 bits per heavy atom. The smallest absolute Gasteiger partial charge is 0.310 e. The number of rotatable bonds is 2. The second kappa shape index (κ2) is 4.47. The Balaban J connectivity index is 1.90. The Bertz CT molecular complexity index is 666. The van der Waals surface area contributed by atoms with E-state index in [0.717, 1.165) is 16.9 Å². The number of carbonyl (C=O) groups excluding carboxylic acids is 2. The van der Waals surface area contributed by atoms with Gasteiger partial charge in [-0.1, -0.05) is 42.1 Å². The number of thioether (sulfide) groups is 1. The fraction of sp³-hybridized carbons (Fsp3) is 0.412. The predicted octanol–water partition coefficient (Wildman–Crippen LogP) is 2.94. The first-order valence-electron chi connectivity index (χ1n) is 7.36. The number of ether oxygens (including phenoxy) is 1. The van der Waals surface area contributed by atoms with Gasteiger partial charge in [-0.25, -0.2) is 0 Å². The lowest BCUT2D eigenvalue weighted by Gasteiger charge is -2.35. The van der Waals surface area contributed by atoms with E-state index in [1.807, 2.05) is 31.2 Å². The summed E-state index contributed by atoms with van der Waals surface area (Å²) in [6.45, 7) is 2.17. The minimum atomic E-state index is -0.701. The van der Waals surface area contributed by atoms with Crippen molar-refractivity contribution in [2.75, 3.05) is 6.61 Å². The zero-order valence-electron chi connectivity index (χ0n) is 11.7. The molecule has 1 aliphatic heterocycles. The Hall–Kier alpha value is -1.55. The molecule has 0 radical (unpaired) electrons. The van der Waals surface area contributed by atoms with Crippen LogP contribution in [-0.4, -0.2) is 17.7 Å². The summed E-state index contributed by atoms with van der Waals surface area (Å²) in [6.07, 6.45) is 5.10. The lowest BCUT2D eigenvalue weighted by molar-refractivity contribution is -0.153. The van der Waals surface area contributed by atoms with Gasteiger partial charge < -0.3 is 4.74 Å². The number of allylic oxidation sites excluding steroid dienone is 2. The van der Waals surface area contributed by atoms with Crippen LogP contribution in [0.3, 0.4) is 0 Å². The molecule has 3 nitrogen and oxygen atoms in total. The van der Waals surface area contributed by atoms with Crippen molar-refractivity contribution in [3.63, 3.8) is 0 Å². The molecule has 21 heavy (non-hydrogen) atoms. The van der Waals surface area contributed by atoms with Gasteiger partial charge >= 0.3 is 5.97 Å². The summed E-state index contributed by atoms with van der Waals surface area (Å²) in [5.41, 5.74) is 0.322. The normalized spacial score (nSPS) is 35.5. The van der Waals surface area contributed by atoms with Gasteiger partial charge in [0.2, 0.25) is 5.12 Å². The lowest BCUT2D eigenvalue weighted by Crippen LogP contribution is -2.46. The molecule has 0 aromatic heterocycles. The molecule has 1 aromatic rings. The molecule has 0 saturated heterocycles. The summed E-state index contributed by atoms with van der Waals surface area (Å²) in [6, 6.07) is 7.89. The van der Waals surface area contributed by atoms with Crippen LogP contribution >= 0.6 is 11.8 Å². The molecule has 1 fully saturated rings. The maximum absolute atomic E-state index is 12.9. The summed E-state index contributed by atoms with van der Waals surface area (Å²) < 4.78 is 5.29. The van der Waals surface area contributed by atoms with E-state index in [-0.39, 0.29) is 28.8 Å². The number of esters is 1. The van der Waals surface area contributed by atoms with Gasteiger partial charge in [-0.15, -0.1) is 0 Å². The summed E-state index contributed by atoms with van der Waals surface area (Å²) in [5.74, 6) is -0.332. The Morgan fingerprint density at radius 2 is 2.19 bits per heavy atom. The van der Waals surface area contributed by atoms with E-state index in [2.05, 4.69) is 12.2 Å². The third-order valence-corrected chi connectivity index (χ3v) is 6.13. The number of hydrogen-bond donors (Lipinski definition) is 0. The van der Waals surface area contributed by atoms with E-state index < -0.39 is 5.41 Å². The number of benzene rings is 1. The predicted molar refractivity (Wildman–Crippen MR) is 79.8 cm³/mol. The standard InChI is InChI=1S/C17H16O3S/c1-2-20-15(18)14-10-7-8-11(9-10)17(14)12-5-3-4-6-13(12)21-16(17)19/h3-8,10-11,14H,2,9H2,1H3/t10-,11+,14+,17+/m1/s1.